The minimum atomic E-state index is 0.935. The molecule has 0 aromatic rings. The van der Waals surface area contributed by atoms with Gasteiger partial charge in [0.15, 0.2) is 0 Å². The van der Waals surface area contributed by atoms with Gasteiger partial charge in [-0.15, -0.1) is 0 Å². The van der Waals surface area contributed by atoms with Gasteiger partial charge in [0, 0.05) is 12.6 Å². The Hall–Kier alpha value is -0.0400. The molecule has 0 aliphatic carbocycles. The van der Waals surface area contributed by atoms with Gasteiger partial charge in [-0.05, 0) is 13.5 Å². The van der Waals surface area contributed by atoms with E-state index in [-0.39, 0.29) is 0 Å². The maximum atomic E-state index is 2.35. The van der Waals surface area contributed by atoms with Crippen molar-refractivity contribution in [1.82, 2.24) is 4.90 Å². The molecule has 1 heteroatoms. The number of hydrogen-bond donors (Lipinski definition) is 0. The van der Waals surface area contributed by atoms with Crippen molar-refractivity contribution in [3.05, 3.63) is 0 Å². The summed E-state index contributed by atoms with van der Waals surface area (Å²) in [6.07, 6.45) is 1.33. The average Bonchev–Trinajstić information content (AvgIpc) is 2.19. The fourth-order valence-electron chi connectivity index (χ4n) is 0.726. The molecular weight excluding hydrogens is 74.1 g/mol. The van der Waals surface area contributed by atoms with Crippen LogP contribution in [0.15, 0.2) is 0 Å². The lowest BCUT2D eigenvalue weighted by Crippen LogP contribution is -1.88. The Balaban J connectivity index is 2.09. The summed E-state index contributed by atoms with van der Waals surface area (Å²) in [4.78, 5) is 2.35. The molecule has 1 aliphatic rings. The molecule has 36 valence electrons. The van der Waals surface area contributed by atoms with Crippen LogP contribution in [-0.2, 0) is 0 Å². The maximum Gasteiger partial charge on any atom is 0.0218 e. The molecule has 1 saturated heterocycles. The highest BCUT2D eigenvalue weighted by molar-refractivity contribution is 4.83. The molecule has 2 unspecified atom stereocenters. The smallest absolute Gasteiger partial charge is 0.0218 e. The van der Waals surface area contributed by atoms with Crippen molar-refractivity contribution in [2.45, 2.75) is 19.4 Å². The molecule has 0 amide bonds. The van der Waals surface area contributed by atoms with Crippen LogP contribution in [0.25, 0.3) is 0 Å². The van der Waals surface area contributed by atoms with E-state index >= 15 is 0 Å². The number of likely N-dealkylation sites (N-methyl/N-ethyl adjacent to an activating group) is 1. The van der Waals surface area contributed by atoms with Crippen molar-refractivity contribution in [2.75, 3.05) is 13.6 Å². The van der Waals surface area contributed by atoms with Crippen molar-refractivity contribution in [1.29, 1.82) is 0 Å². The number of hydrogen-bond acceptors (Lipinski definition) is 1. The van der Waals surface area contributed by atoms with Gasteiger partial charge >= 0.3 is 0 Å². The van der Waals surface area contributed by atoms with E-state index in [2.05, 4.69) is 18.9 Å². The van der Waals surface area contributed by atoms with E-state index in [0.29, 0.717) is 0 Å². The summed E-state index contributed by atoms with van der Waals surface area (Å²) in [5.74, 6) is 0. The Morgan fingerprint density at radius 2 is 2.33 bits per heavy atom. The Labute approximate surface area is 39.0 Å². The zero-order chi connectivity index (χ0) is 4.57. The minimum absolute atomic E-state index is 0.935. The molecule has 1 heterocycles. The monoisotopic (exact) mass is 85.1 g/mol. The van der Waals surface area contributed by atoms with Crippen LogP contribution in [0, 0.1) is 0 Å². The second kappa shape index (κ2) is 1.23. The first kappa shape index (κ1) is 4.13. The van der Waals surface area contributed by atoms with Gasteiger partial charge in [0.25, 0.3) is 0 Å². The zero-order valence-electron chi connectivity index (χ0n) is 4.44. The normalized spacial score (nSPS) is 43.0. The molecule has 6 heavy (non-hydrogen) atoms. The van der Waals surface area contributed by atoms with E-state index < -0.39 is 0 Å². The molecule has 0 aromatic heterocycles. The highest BCUT2D eigenvalue weighted by atomic mass is 15.3. The summed E-state index contributed by atoms with van der Waals surface area (Å²) in [7, 11) is 2.16. The summed E-state index contributed by atoms with van der Waals surface area (Å²) >= 11 is 0. The molecule has 0 spiro atoms. The van der Waals surface area contributed by atoms with E-state index in [1.807, 2.05) is 0 Å². The molecule has 0 N–H and O–H groups in total. The summed E-state index contributed by atoms with van der Waals surface area (Å²) < 4.78 is 0. The van der Waals surface area contributed by atoms with E-state index in [0.717, 1.165) is 6.04 Å². The van der Waals surface area contributed by atoms with Crippen LogP contribution in [0.4, 0.5) is 0 Å². The lowest BCUT2D eigenvalue weighted by molar-refractivity contribution is 0.603. The summed E-state index contributed by atoms with van der Waals surface area (Å²) in [6, 6.07) is 0.935. The van der Waals surface area contributed by atoms with Crippen LogP contribution < -0.4 is 0 Å². The topological polar surface area (TPSA) is 3.01 Å². The molecule has 0 aromatic carbocycles. The quantitative estimate of drug-likeness (QED) is 0.424. The zero-order valence-corrected chi connectivity index (χ0v) is 4.44. The van der Waals surface area contributed by atoms with E-state index in [1.54, 1.807) is 0 Å². The van der Waals surface area contributed by atoms with Crippen molar-refractivity contribution in [3.8, 4) is 0 Å². The van der Waals surface area contributed by atoms with Gasteiger partial charge in [-0.1, -0.05) is 6.92 Å². The molecule has 0 radical (unpaired) electrons. The highest BCUT2D eigenvalue weighted by Gasteiger charge is 2.26. The second-order valence-corrected chi connectivity index (χ2v) is 2.00. The number of rotatable bonds is 1. The largest absolute Gasteiger partial charge is 0.301 e. The van der Waals surface area contributed by atoms with Crippen LogP contribution in [0.5, 0.6) is 0 Å². The lowest BCUT2D eigenvalue weighted by atomic mass is 10.4. The number of nitrogens with zero attached hydrogens (tertiary/aromatic N) is 1. The highest BCUT2D eigenvalue weighted by Crippen LogP contribution is 2.15. The van der Waals surface area contributed by atoms with Crippen LogP contribution in [0.3, 0.4) is 0 Å². The molecule has 2 atom stereocenters. The van der Waals surface area contributed by atoms with Crippen LogP contribution in [-0.4, -0.2) is 24.5 Å². The predicted octanol–water partition coefficient (Wildman–Crippen LogP) is 0.710. The Morgan fingerprint density at radius 3 is 2.33 bits per heavy atom. The summed E-state index contributed by atoms with van der Waals surface area (Å²) in [6.45, 7) is 3.56. The third-order valence-electron chi connectivity index (χ3n) is 1.46. The van der Waals surface area contributed by atoms with Crippen LogP contribution in [0.1, 0.15) is 13.3 Å². The average molecular weight is 85.1 g/mol. The summed E-state index contributed by atoms with van der Waals surface area (Å²) in [5, 5.41) is 0. The summed E-state index contributed by atoms with van der Waals surface area (Å²) in [5.41, 5.74) is 0. The second-order valence-electron chi connectivity index (χ2n) is 2.00. The van der Waals surface area contributed by atoms with Gasteiger partial charge in [-0.2, -0.15) is 0 Å². The SMILES string of the molecule is CCC1CN1C. The fourth-order valence-corrected chi connectivity index (χ4v) is 0.726. The Kier molecular flexibility index (Phi) is 0.845. The molecular formula is C5H11N. The maximum absolute atomic E-state index is 2.35. The van der Waals surface area contributed by atoms with E-state index in [1.165, 1.54) is 13.0 Å². The molecule has 1 aliphatic heterocycles. The van der Waals surface area contributed by atoms with Crippen LogP contribution in [0.2, 0.25) is 0 Å². The first-order chi connectivity index (χ1) is 2.84. The third-order valence-corrected chi connectivity index (χ3v) is 1.46. The van der Waals surface area contributed by atoms with Gasteiger partial charge in [0.05, 0.1) is 0 Å². The molecule has 1 nitrogen and oxygen atoms in total. The van der Waals surface area contributed by atoms with Gasteiger partial charge in [0.1, 0.15) is 0 Å². The van der Waals surface area contributed by atoms with Crippen LogP contribution >= 0.6 is 0 Å². The predicted molar refractivity (Wildman–Crippen MR) is 26.7 cm³/mol. The van der Waals surface area contributed by atoms with Gasteiger partial charge in [0.2, 0.25) is 0 Å². The van der Waals surface area contributed by atoms with Gasteiger partial charge in [-0.3, -0.25) is 0 Å². The Morgan fingerprint density at radius 1 is 1.83 bits per heavy atom. The fraction of sp³-hybridized carbons (Fsp3) is 1.00. The van der Waals surface area contributed by atoms with E-state index in [9.17, 15) is 0 Å². The van der Waals surface area contributed by atoms with Crippen molar-refractivity contribution >= 4 is 0 Å². The first-order valence-electron chi connectivity index (χ1n) is 2.55. The Bertz CT molecular complexity index is 49.9. The lowest BCUT2D eigenvalue weighted by Gasteiger charge is -1.83. The first-order valence-corrected chi connectivity index (χ1v) is 2.55. The van der Waals surface area contributed by atoms with Gasteiger partial charge in [-0.25, -0.2) is 0 Å². The standard InChI is InChI=1S/C5H11N/c1-3-5-4-6(5)2/h5H,3-4H2,1-2H3. The van der Waals surface area contributed by atoms with Gasteiger partial charge < -0.3 is 4.90 Å². The molecule has 0 saturated carbocycles. The van der Waals surface area contributed by atoms with Crippen molar-refractivity contribution < 1.29 is 0 Å². The van der Waals surface area contributed by atoms with Crippen molar-refractivity contribution in [2.24, 2.45) is 0 Å². The molecule has 0 bridgehead atoms. The molecule has 1 fully saturated rings. The van der Waals surface area contributed by atoms with E-state index in [4.69, 9.17) is 0 Å². The third kappa shape index (κ3) is 0.548. The molecule has 1 rings (SSSR count). The minimum Gasteiger partial charge on any atom is -0.301 e. The van der Waals surface area contributed by atoms with Crippen molar-refractivity contribution in [3.63, 3.8) is 0 Å².